The van der Waals surface area contributed by atoms with Crippen LogP contribution in [0.4, 0.5) is 0 Å². The van der Waals surface area contributed by atoms with Crippen LogP contribution in [-0.2, 0) is 0 Å². The smallest absolute Gasteiger partial charge is 0.191 e. The fourth-order valence-corrected chi connectivity index (χ4v) is 3.94. The van der Waals surface area contributed by atoms with Crippen molar-refractivity contribution >= 4 is 5.96 Å². The van der Waals surface area contributed by atoms with Gasteiger partial charge in [0, 0.05) is 25.0 Å². The molecule has 1 aliphatic rings. The van der Waals surface area contributed by atoms with Gasteiger partial charge in [-0.25, -0.2) is 0 Å². The molecule has 4 nitrogen and oxygen atoms in total. The number of benzene rings is 2. The van der Waals surface area contributed by atoms with Crippen LogP contribution in [0.15, 0.2) is 65.7 Å². The van der Waals surface area contributed by atoms with Crippen molar-refractivity contribution in [2.45, 2.75) is 57.1 Å². The summed E-state index contributed by atoms with van der Waals surface area (Å²) in [6.45, 7) is 3.71. The summed E-state index contributed by atoms with van der Waals surface area (Å²) in [5, 5.41) is 16.6. The number of hydrogen-bond acceptors (Lipinski definition) is 2. The maximum atomic E-state index is 9.71. The first kappa shape index (κ1) is 20.4. The molecule has 0 aromatic heterocycles. The predicted molar refractivity (Wildman–Crippen MR) is 117 cm³/mol. The van der Waals surface area contributed by atoms with Crippen LogP contribution in [0.2, 0.25) is 0 Å². The van der Waals surface area contributed by atoms with E-state index in [-0.39, 0.29) is 6.10 Å². The van der Waals surface area contributed by atoms with Crippen molar-refractivity contribution in [3.63, 3.8) is 0 Å². The number of rotatable bonds is 7. The SMILES string of the molecule is CCNC(=NCCC(c1ccccc1)c1ccccc1)NC1CCC(O)CC1. The third kappa shape index (κ3) is 6.10. The Hall–Kier alpha value is -2.33. The molecule has 3 rings (SSSR count). The molecule has 0 heterocycles. The van der Waals surface area contributed by atoms with Gasteiger partial charge in [0.25, 0.3) is 0 Å². The minimum absolute atomic E-state index is 0.130. The van der Waals surface area contributed by atoms with E-state index >= 15 is 0 Å². The van der Waals surface area contributed by atoms with Crippen LogP contribution in [0.5, 0.6) is 0 Å². The first-order valence-corrected chi connectivity index (χ1v) is 10.6. The molecule has 0 aliphatic heterocycles. The molecule has 3 N–H and O–H groups in total. The van der Waals surface area contributed by atoms with E-state index in [4.69, 9.17) is 4.99 Å². The van der Waals surface area contributed by atoms with Gasteiger partial charge in [0.2, 0.25) is 0 Å². The van der Waals surface area contributed by atoms with E-state index in [2.05, 4.69) is 78.2 Å². The van der Waals surface area contributed by atoms with Crippen molar-refractivity contribution in [1.82, 2.24) is 10.6 Å². The van der Waals surface area contributed by atoms with Crippen LogP contribution in [-0.4, -0.2) is 36.3 Å². The van der Waals surface area contributed by atoms with Crippen LogP contribution in [0.25, 0.3) is 0 Å². The molecule has 0 radical (unpaired) electrons. The van der Waals surface area contributed by atoms with Crippen molar-refractivity contribution in [1.29, 1.82) is 0 Å². The van der Waals surface area contributed by atoms with E-state index in [1.807, 2.05) is 0 Å². The van der Waals surface area contributed by atoms with Gasteiger partial charge in [0.1, 0.15) is 0 Å². The summed E-state index contributed by atoms with van der Waals surface area (Å²) in [5.74, 6) is 1.24. The van der Waals surface area contributed by atoms with Crippen LogP contribution in [0.1, 0.15) is 56.1 Å². The fraction of sp³-hybridized carbons (Fsp3) is 0.458. The lowest BCUT2D eigenvalue weighted by molar-refractivity contribution is 0.120. The topological polar surface area (TPSA) is 56.7 Å². The number of hydrogen-bond donors (Lipinski definition) is 3. The van der Waals surface area contributed by atoms with Gasteiger partial charge in [0.05, 0.1) is 6.10 Å². The van der Waals surface area contributed by atoms with Gasteiger partial charge in [-0.15, -0.1) is 0 Å². The monoisotopic (exact) mass is 379 g/mol. The summed E-state index contributed by atoms with van der Waals surface area (Å²) in [6, 6.07) is 21.8. The Morgan fingerprint density at radius 3 is 2.07 bits per heavy atom. The predicted octanol–water partition coefficient (Wildman–Crippen LogP) is 4.07. The Morgan fingerprint density at radius 2 is 1.54 bits per heavy atom. The number of guanidine groups is 1. The summed E-state index contributed by atoms with van der Waals surface area (Å²) >= 11 is 0. The molecule has 0 spiro atoms. The number of nitrogens with zero attached hydrogens (tertiary/aromatic N) is 1. The molecule has 1 fully saturated rings. The van der Waals surface area contributed by atoms with Gasteiger partial charge in [-0.1, -0.05) is 60.7 Å². The molecule has 1 saturated carbocycles. The summed E-state index contributed by atoms with van der Waals surface area (Å²) in [4.78, 5) is 4.85. The van der Waals surface area contributed by atoms with Crippen molar-refractivity contribution in [2.24, 2.45) is 4.99 Å². The van der Waals surface area contributed by atoms with Gasteiger partial charge in [-0.05, 0) is 50.2 Å². The maximum absolute atomic E-state index is 9.71. The van der Waals surface area contributed by atoms with E-state index < -0.39 is 0 Å². The van der Waals surface area contributed by atoms with Gasteiger partial charge >= 0.3 is 0 Å². The number of nitrogens with one attached hydrogen (secondary N) is 2. The first-order valence-electron chi connectivity index (χ1n) is 10.6. The zero-order chi connectivity index (χ0) is 19.6. The second-order valence-electron chi connectivity index (χ2n) is 7.57. The fourth-order valence-electron chi connectivity index (χ4n) is 3.94. The van der Waals surface area contributed by atoms with Crippen molar-refractivity contribution < 1.29 is 5.11 Å². The van der Waals surface area contributed by atoms with Crippen LogP contribution in [0, 0.1) is 0 Å². The normalized spacial score (nSPS) is 20.2. The Balaban J connectivity index is 1.65. The second kappa shape index (κ2) is 10.9. The van der Waals surface area contributed by atoms with Gasteiger partial charge < -0.3 is 15.7 Å². The molecular weight excluding hydrogens is 346 g/mol. The Labute approximate surface area is 169 Å². The molecule has 0 amide bonds. The molecule has 0 unspecified atom stereocenters. The zero-order valence-corrected chi connectivity index (χ0v) is 16.8. The highest BCUT2D eigenvalue weighted by Crippen LogP contribution is 2.27. The minimum atomic E-state index is -0.130. The highest BCUT2D eigenvalue weighted by molar-refractivity contribution is 5.80. The molecule has 0 bridgehead atoms. The van der Waals surface area contributed by atoms with Gasteiger partial charge in [-0.3, -0.25) is 4.99 Å². The highest BCUT2D eigenvalue weighted by atomic mass is 16.3. The molecule has 1 aliphatic carbocycles. The number of aliphatic hydroxyl groups excluding tert-OH is 1. The summed E-state index contributed by atoms with van der Waals surface area (Å²) in [7, 11) is 0. The van der Waals surface area contributed by atoms with Crippen LogP contribution in [0.3, 0.4) is 0 Å². The molecule has 28 heavy (non-hydrogen) atoms. The molecule has 2 aromatic rings. The van der Waals surface area contributed by atoms with E-state index in [1.54, 1.807) is 0 Å². The van der Waals surface area contributed by atoms with Gasteiger partial charge in [0.15, 0.2) is 5.96 Å². The third-order valence-corrected chi connectivity index (χ3v) is 5.47. The molecule has 150 valence electrons. The molecule has 2 aromatic carbocycles. The lowest BCUT2D eigenvalue weighted by Gasteiger charge is -2.27. The van der Waals surface area contributed by atoms with E-state index in [0.29, 0.717) is 12.0 Å². The number of aliphatic hydroxyl groups is 1. The summed E-state index contributed by atoms with van der Waals surface area (Å²) in [6.07, 6.45) is 4.59. The third-order valence-electron chi connectivity index (χ3n) is 5.47. The summed E-state index contributed by atoms with van der Waals surface area (Å²) in [5.41, 5.74) is 2.67. The van der Waals surface area contributed by atoms with Crippen molar-refractivity contribution in [3.05, 3.63) is 71.8 Å². The zero-order valence-electron chi connectivity index (χ0n) is 16.8. The molecular formula is C24H33N3O. The van der Waals surface area contributed by atoms with E-state index in [1.165, 1.54) is 11.1 Å². The molecule has 4 heteroatoms. The highest BCUT2D eigenvalue weighted by Gasteiger charge is 2.20. The van der Waals surface area contributed by atoms with E-state index in [9.17, 15) is 5.11 Å². The average Bonchev–Trinajstić information content (AvgIpc) is 2.74. The lowest BCUT2D eigenvalue weighted by Crippen LogP contribution is -2.45. The Bertz CT molecular complexity index is 670. The van der Waals surface area contributed by atoms with E-state index in [0.717, 1.165) is 51.2 Å². The second-order valence-corrected chi connectivity index (χ2v) is 7.57. The molecule has 0 atom stereocenters. The Morgan fingerprint density at radius 1 is 0.964 bits per heavy atom. The van der Waals surface area contributed by atoms with Crippen molar-refractivity contribution in [3.8, 4) is 0 Å². The lowest BCUT2D eigenvalue weighted by atomic mass is 9.89. The van der Waals surface area contributed by atoms with Crippen LogP contribution >= 0.6 is 0 Å². The van der Waals surface area contributed by atoms with Crippen molar-refractivity contribution in [2.75, 3.05) is 13.1 Å². The first-order chi connectivity index (χ1) is 13.8. The van der Waals surface area contributed by atoms with Gasteiger partial charge in [-0.2, -0.15) is 0 Å². The Kier molecular flexibility index (Phi) is 7.92. The van der Waals surface area contributed by atoms with Crippen LogP contribution < -0.4 is 10.6 Å². The summed E-state index contributed by atoms with van der Waals surface area (Å²) < 4.78 is 0. The quantitative estimate of drug-likeness (QED) is 0.502. The molecule has 0 saturated heterocycles. The standard InChI is InChI=1S/C24H33N3O/c1-2-25-24(27-21-13-15-22(28)16-14-21)26-18-17-23(19-9-5-3-6-10-19)20-11-7-4-8-12-20/h3-12,21-23,28H,2,13-18H2,1H3,(H2,25,26,27). The minimum Gasteiger partial charge on any atom is -0.393 e. The average molecular weight is 380 g/mol. The largest absolute Gasteiger partial charge is 0.393 e. The maximum Gasteiger partial charge on any atom is 0.191 e. The number of aliphatic imine (C=N–C) groups is 1.